The van der Waals surface area contributed by atoms with Crippen molar-refractivity contribution in [3.63, 3.8) is 0 Å². The quantitative estimate of drug-likeness (QED) is 0.563. The SMILES string of the molecule is CCOC(CC(=O)c1cc(Cl)ccc1Cl)OCC. The Hall–Kier alpha value is -0.610. The summed E-state index contributed by atoms with van der Waals surface area (Å²) in [5.41, 5.74) is 0.397. The van der Waals surface area contributed by atoms with Crippen molar-refractivity contribution < 1.29 is 14.3 Å². The average Bonchev–Trinajstić information content (AvgIpc) is 2.33. The van der Waals surface area contributed by atoms with Crippen molar-refractivity contribution >= 4 is 29.0 Å². The molecule has 0 heterocycles. The van der Waals surface area contributed by atoms with Crippen molar-refractivity contribution in [1.82, 2.24) is 0 Å². The Bertz CT molecular complexity index is 401. The molecule has 0 fully saturated rings. The molecule has 0 saturated heterocycles. The zero-order chi connectivity index (χ0) is 13.5. The third-order valence-corrected chi connectivity index (χ3v) is 2.85. The zero-order valence-electron chi connectivity index (χ0n) is 10.4. The summed E-state index contributed by atoms with van der Waals surface area (Å²) in [6.45, 7) is 4.67. The van der Waals surface area contributed by atoms with Crippen LogP contribution >= 0.6 is 23.2 Å². The smallest absolute Gasteiger partial charge is 0.169 e. The molecule has 0 amide bonds. The number of halogens is 2. The summed E-state index contributed by atoms with van der Waals surface area (Å²) in [7, 11) is 0. The largest absolute Gasteiger partial charge is 0.352 e. The molecule has 1 aromatic carbocycles. The monoisotopic (exact) mass is 290 g/mol. The molecule has 0 aliphatic carbocycles. The van der Waals surface area contributed by atoms with Crippen LogP contribution in [0, 0.1) is 0 Å². The highest BCUT2D eigenvalue weighted by atomic mass is 35.5. The van der Waals surface area contributed by atoms with Gasteiger partial charge in [-0.1, -0.05) is 23.2 Å². The van der Waals surface area contributed by atoms with E-state index >= 15 is 0 Å². The van der Waals surface area contributed by atoms with Crippen LogP contribution in [0.1, 0.15) is 30.6 Å². The lowest BCUT2D eigenvalue weighted by molar-refractivity contribution is -0.133. The molecule has 0 aliphatic heterocycles. The molecule has 0 atom stereocenters. The van der Waals surface area contributed by atoms with Gasteiger partial charge in [0.2, 0.25) is 0 Å². The predicted octanol–water partition coefficient (Wildman–Crippen LogP) is 3.97. The van der Waals surface area contributed by atoms with Crippen LogP contribution in [0.4, 0.5) is 0 Å². The maximum Gasteiger partial charge on any atom is 0.169 e. The van der Waals surface area contributed by atoms with Crippen LogP contribution in [0.2, 0.25) is 10.0 Å². The topological polar surface area (TPSA) is 35.5 Å². The lowest BCUT2D eigenvalue weighted by Gasteiger charge is -2.16. The number of Topliss-reactive ketones (excluding diaryl/α,β-unsaturated/α-hetero) is 1. The highest BCUT2D eigenvalue weighted by Gasteiger charge is 2.18. The van der Waals surface area contributed by atoms with Gasteiger partial charge in [0.15, 0.2) is 12.1 Å². The zero-order valence-corrected chi connectivity index (χ0v) is 11.9. The van der Waals surface area contributed by atoms with E-state index in [0.717, 1.165) is 0 Å². The van der Waals surface area contributed by atoms with Gasteiger partial charge in [-0.05, 0) is 32.0 Å². The Morgan fingerprint density at radius 2 is 1.83 bits per heavy atom. The first-order chi connectivity index (χ1) is 8.58. The highest BCUT2D eigenvalue weighted by molar-refractivity contribution is 6.35. The second-order valence-corrected chi connectivity index (χ2v) is 4.44. The highest BCUT2D eigenvalue weighted by Crippen LogP contribution is 2.22. The second-order valence-electron chi connectivity index (χ2n) is 3.59. The summed E-state index contributed by atoms with van der Waals surface area (Å²) in [5, 5.41) is 0.864. The molecule has 0 saturated carbocycles. The molecule has 5 heteroatoms. The molecule has 0 unspecified atom stereocenters. The number of ketones is 1. The van der Waals surface area contributed by atoms with E-state index in [1.807, 2.05) is 13.8 Å². The normalized spacial score (nSPS) is 10.9. The standard InChI is InChI=1S/C13H16Cl2O3/c1-3-17-13(18-4-2)8-12(16)10-7-9(14)5-6-11(10)15/h5-7,13H,3-4,8H2,1-2H3. The first-order valence-corrected chi connectivity index (χ1v) is 6.55. The number of ether oxygens (including phenoxy) is 2. The van der Waals surface area contributed by atoms with Gasteiger partial charge in [0, 0.05) is 23.8 Å². The second kappa shape index (κ2) is 7.74. The lowest BCUT2D eigenvalue weighted by atomic mass is 10.1. The molecular weight excluding hydrogens is 275 g/mol. The number of hydrogen-bond acceptors (Lipinski definition) is 3. The summed E-state index contributed by atoms with van der Waals surface area (Å²) in [4.78, 5) is 12.1. The number of rotatable bonds is 7. The Labute approximate surface area is 117 Å². The molecule has 3 nitrogen and oxygen atoms in total. The number of benzene rings is 1. The van der Waals surface area contributed by atoms with Crippen molar-refractivity contribution in [2.45, 2.75) is 26.6 Å². The van der Waals surface area contributed by atoms with Gasteiger partial charge in [-0.15, -0.1) is 0 Å². The fourth-order valence-corrected chi connectivity index (χ4v) is 1.91. The minimum atomic E-state index is -0.539. The first kappa shape index (κ1) is 15.4. The van der Waals surface area contributed by atoms with Gasteiger partial charge in [0.1, 0.15) is 0 Å². The molecule has 18 heavy (non-hydrogen) atoms. The van der Waals surface area contributed by atoms with Gasteiger partial charge in [-0.2, -0.15) is 0 Å². The molecule has 0 N–H and O–H groups in total. The van der Waals surface area contributed by atoms with E-state index < -0.39 is 6.29 Å². The third-order valence-electron chi connectivity index (χ3n) is 2.29. The van der Waals surface area contributed by atoms with E-state index in [1.54, 1.807) is 18.2 Å². The van der Waals surface area contributed by atoms with Crippen LogP contribution in [-0.2, 0) is 9.47 Å². The Balaban J connectivity index is 2.76. The summed E-state index contributed by atoms with van der Waals surface area (Å²) >= 11 is 11.8. The van der Waals surface area contributed by atoms with Gasteiger partial charge in [-0.25, -0.2) is 0 Å². The van der Waals surface area contributed by atoms with Crippen LogP contribution in [0.25, 0.3) is 0 Å². The van der Waals surface area contributed by atoms with Crippen molar-refractivity contribution in [1.29, 1.82) is 0 Å². The molecular formula is C13H16Cl2O3. The van der Waals surface area contributed by atoms with E-state index in [9.17, 15) is 4.79 Å². The summed E-state index contributed by atoms with van der Waals surface area (Å²) in [5.74, 6) is -0.144. The molecule has 1 rings (SSSR count). The number of carbonyl (C=O) groups excluding carboxylic acids is 1. The Kier molecular flexibility index (Phi) is 6.65. The molecule has 0 spiro atoms. The van der Waals surface area contributed by atoms with Gasteiger partial charge >= 0.3 is 0 Å². The lowest BCUT2D eigenvalue weighted by Crippen LogP contribution is -2.21. The van der Waals surface area contributed by atoms with Crippen LogP contribution in [0.3, 0.4) is 0 Å². The van der Waals surface area contributed by atoms with E-state index in [2.05, 4.69) is 0 Å². The van der Waals surface area contributed by atoms with Crippen LogP contribution in [-0.4, -0.2) is 25.3 Å². The Morgan fingerprint density at radius 3 is 2.39 bits per heavy atom. The summed E-state index contributed by atoms with van der Waals surface area (Å²) < 4.78 is 10.7. The van der Waals surface area contributed by atoms with Crippen molar-refractivity contribution in [3.05, 3.63) is 33.8 Å². The van der Waals surface area contributed by atoms with Gasteiger partial charge < -0.3 is 9.47 Å². The summed E-state index contributed by atoms with van der Waals surface area (Å²) in [6, 6.07) is 4.80. The van der Waals surface area contributed by atoms with Gasteiger partial charge in [0.05, 0.1) is 11.4 Å². The molecule has 1 aromatic rings. The molecule has 100 valence electrons. The average molecular weight is 291 g/mol. The molecule has 0 aromatic heterocycles. The van der Waals surface area contributed by atoms with Crippen molar-refractivity contribution in [2.24, 2.45) is 0 Å². The number of carbonyl (C=O) groups is 1. The molecule has 0 bridgehead atoms. The van der Waals surface area contributed by atoms with Crippen molar-refractivity contribution in [2.75, 3.05) is 13.2 Å². The van der Waals surface area contributed by atoms with Crippen LogP contribution < -0.4 is 0 Å². The van der Waals surface area contributed by atoms with Crippen LogP contribution in [0.15, 0.2) is 18.2 Å². The molecule has 0 radical (unpaired) electrons. The van der Waals surface area contributed by atoms with E-state index in [-0.39, 0.29) is 12.2 Å². The fraction of sp³-hybridized carbons (Fsp3) is 0.462. The first-order valence-electron chi connectivity index (χ1n) is 5.79. The maximum atomic E-state index is 12.1. The maximum absolute atomic E-state index is 12.1. The third kappa shape index (κ3) is 4.58. The minimum absolute atomic E-state index is 0.127. The van der Waals surface area contributed by atoms with E-state index in [4.69, 9.17) is 32.7 Å². The minimum Gasteiger partial charge on any atom is -0.352 e. The number of hydrogen-bond donors (Lipinski definition) is 0. The Morgan fingerprint density at radius 1 is 1.22 bits per heavy atom. The van der Waals surface area contributed by atoms with E-state index in [0.29, 0.717) is 28.8 Å². The summed E-state index contributed by atoms with van der Waals surface area (Å²) in [6.07, 6.45) is -0.413. The van der Waals surface area contributed by atoms with Crippen LogP contribution in [0.5, 0.6) is 0 Å². The van der Waals surface area contributed by atoms with Crippen molar-refractivity contribution in [3.8, 4) is 0 Å². The van der Waals surface area contributed by atoms with E-state index in [1.165, 1.54) is 0 Å². The molecule has 0 aliphatic rings. The predicted molar refractivity (Wildman–Crippen MR) is 72.4 cm³/mol. The van der Waals surface area contributed by atoms with Gasteiger partial charge in [0.25, 0.3) is 0 Å². The fourth-order valence-electron chi connectivity index (χ4n) is 1.51. The van der Waals surface area contributed by atoms with Gasteiger partial charge in [-0.3, -0.25) is 4.79 Å².